The second-order valence-electron chi connectivity index (χ2n) is 6.24. The summed E-state index contributed by atoms with van der Waals surface area (Å²) in [6, 6.07) is 2.05. The van der Waals surface area contributed by atoms with E-state index >= 15 is 0 Å². The van der Waals surface area contributed by atoms with Crippen LogP contribution in [0.2, 0.25) is 0 Å². The minimum absolute atomic E-state index is 0.00234. The minimum atomic E-state index is -0.179. The highest BCUT2D eigenvalue weighted by Gasteiger charge is 2.23. The molecule has 2 aromatic rings. The first-order chi connectivity index (χ1) is 11.4. The number of aromatic nitrogens is 3. The molecule has 0 unspecified atom stereocenters. The van der Waals surface area contributed by atoms with Crippen molar-refractivity contribution < 1.29 is 4.79 Å². The predicted octanol–water partition coefficient (Wildman–Crippen LogP) is 1.65. The summed E-state index contributed by atoms with van der Waals surface area (Å²) >= 11 is 0. The molecule has 1 aliphatic heterocycles. The molecule has 1 aliphatic rings. The Morgan fingerprint density at radius 2 is 2.21 bits per heavy atom. The van der Waals surface area contributed by atoms with Gasteiger partial charge in [0.1, 0.15) is 11.6 Å². The van der Waals surface area contributed by atoms with Crippen molar-refractivity contribution in [1.29, 1.82) is 5.26 Å². The maximum atomic E-state index is 12.8. The molecule has 0 saturated heterocycles. The summed E-state index contributed by atoms with van der Waals surface area (Å²) in [6.45, 7) is 6.58. The third kappa shape index (κ3) is 2.50. The van der Waals surface area contributed by atoms with Crippen molar-refractivity contribution in [2.75, 3.05) is 13.1 Å². The molecule has 3 rings (SSSR count). The van der Waals surface area contributed by atoms with Crippen molar-refractivity contribution in [3.8, 4) is 6.07 Å². The van der Waals surface area contributed by atoms with Gasteiger partial charge < -0.3 is 4.90 Å². The molecule has 1 amide bonds. The van der Waals surface area contributed by atoms with Gasteiger partial charge in [-0.25, -0.2) is 9.50 Å². The number of hydrogen-bond acceptors (Lipinski definition) is 4. The molecule has 0 saturated carbocycles. The maximum Gasteiger partial charge on any atom is 0.276 e. The summed E-state index contributed by atoms with van der Waals surface area (Å²) in [5.41, 5.74) is 2.74. The Bertz CT molecular complexity index is 942. The van der Waals surface area contributed by atoms with Crippen LogP contribution < -0.4 is 5.56 Å². The predicted molar refractivity (Wildman–Crippen MR) is 89.5 cm³/mol. The Kier molecular flexibility index (Phi) is 3.97. The molecule has 7 heteroatoms. The number of fused-ring (bicyclic) bond motifs is 1. The van der Waals surface area contributed by atoms with E-state index in [1.165, 1.54) is 10.7 Å². The van der Waals surface area contributed by atoms with Crippen LogP contribution in [0.5, 0.6) is 0 Å². The molecule has 7 nitrogen and oxygen atoms in total. The van der Waals surface area contributed by atoms with Crippen LogP contribution in [0.25, 0.3) is 11.2 Å². The zero-order chi connectivity index (χ0) is 17.4. The average Bonchev–Trinajstić information content (AvgIpc) is 2.97. The van der Waals surface area contributed by atoms with Crippen LogP contribution in [-0.4, -0.2) is 38.5 Å². The molecule has 0 fully saturated rings. The highest BCUT2D eigenvalue weighted by molar-refractivity contribution is 5.76. The normalized spacial score (nSPS) is 14.8. The number of H-pyrrole nitrogens is 1. The van der Waals surface area contributed by atoms with E-state index in [9.17, 15) is 14.9 Å². The van der Waals surface area contributed by atoms with Gasteiger partial charge in [0.05, 0.1) is 5.69 Å². The van der Waals surface area contributed by atoms with Crippen molar-refractivity contribution in [3.63, 3.8) is 0 Å². The summed E-state index contributed by atoms with van der Waals surface area (Å²) in [7, 11) is 0. The minimum Gasteiger partial charge on any atom is -0.339 e. The van der Waals surface area contributed by atoms with Gasteiger partial charge in [0.2, 0.25) is 5.91 Å². The molecule has 1 N–H and O–H groups in total. The van der Waals surface area contributed by atoms with Crippen LogP contribution in [0.4, 0.5) is 0 Å². The largest absolute Gasteiger partial charge is 0.339 e. The number of carbonyl (C=O) groups excluding carboxylic acids is 1. The zero-order valence-electron chi connectivity index (χ0n) is 14.0. The van der Waals surface area contributed by atoms with E-state index in [4.69, 9.17) is 0 Å². The van der Waals surface area contributed by atoms with E-state index in [0.717, 1.165) is 5.57 Å². The number of rotatable bonds is 2. The number of aromatic amines is 1. The van der Waals surface area contributed by atoms with Crippen molar-refractivity contribution in [3.05, 3.63) is 39.4 Å². The smallest absolute Gasteiger partial charge is 0.276 e. The van der Waals surface area contributed by atoms with Crippen LogP contribution in [0.3, 0.4) is 0 Å². The van der Waals surface area contributed by atoms with E-state index in [2.05, 4.69) is 16.2 Å². The van der Waals surface area contributed by atoms with E-state index in [1.54, 1.807) is 11.8 Å². The lowest BCUT2D eigenvalue weighted by molar-refractivity contribution is -0.128. The van der Waals surface area contributed by atoms with E-state index in [0.29, 0.717) is 42.0 Å². The van der Waals surface area contributed by atoms with Gasteiger partial charge in [-0.2, -0.15) is 5.26 Å². The molecule has 3 heterocycles. The summed E-state index contributed by atoms with van der Waals surface area (Å²) in [4.78, 5) is 30.7. The molecule has 0 radical (unpaired) electrons. The molecular weight excluding hydrogens is 306 g/mol. The molecule has 0 aromatic carbocycles. The molecule has 2 aromatic heterocycles. The first-order valence-corrected chi connectivity index (χ1v) is 7.93. The van der Waals surface area contributed by atoms with E-state index in [-0.39, 0.29) is 17.4 Å². The number of nitrogens with one attached hydrogen (secondary N) is 1. The third-order valence-corrected chi connectivity index (χ3v) is 4.35. The first-order valence-electron chi connectivity index (χ1n) is 7.93. The number of amides is 1. The number of carbonyl (C=O) groups is 1. The van der Waals surface area contributed by atoms with E-state index in [1.807, 2.05) is 19.9 Å². The fraction of sp³-hybridized carbons (Fsp3) is 0.412. The van der Waals surface area contributed by atoms with Crippen LogP contribution in [-0.2, 0) is 4.79 Å². The Morgan fingerprint density at radius 1 is 1.46 bits per heavy atom. The lowest BCUT2D eigenvalue weighted by atomic mass is 9.95. The van der Waals surface area contributed by atoms with Gasteiger partial charge in [-0.05, 0) is 17.9 Å². The standard InChI is InChI=1S/C17H19N5O2/c1-10(2)14-15(12-4-6-21(7-5-12)11(3)23)20-16-13(8-18)9-19-22(16)17(14)24/h4,9-10,19H,5-7H2,1-3H3. The lowest BCUT2D eigenvalue weighted by Crippen LogP contribution is -2.33. The van der Waals surface area contributed by atoms with Crippen LogP contribution in [0, 0.1) is 11.3 Å². The molecule has 0 spiro atoms. The van der Waals surface area contributed by atoms with Crippen molar-refractivity contribution in [1.82, 2.24) is 19.5 Å². The van der Waals surface area contributed by atoms with Crippen LogP contribution in [0.1, 0.15) is 49.9 Å². The average molecular weight is 325 g/mol. The molecular formula is C17H19N5O2. The second kappa shape index (κ2) is 5.96. The van der Waals surface area contributed by atoms with Crippen molar-refractivity contribution >= 4 is 17.1 Å². The fourth-order valence-corrected chi connectivity index (χ4v) is 3.05. The Balaban J connectivity index is 2.20. The summed E-state index contributed by atoms with van der Waals surface area (Å²) < 4.78 is 1.32. The Morgan fingerprint density at radius 3 is 2.75 bits per heavy atom. The number of nitrogens with zero attached hydrogens (tertiary/aromatic N) is 4. The van der Waals surface area contributed by atoms with Crippen molar-refractivity contribution in [2.24, 2.45) is 0 Å². The van der Waals surface area contributed by atoms with Crippen LogP contribution >= 0.6 is 0 Å². The number of hydrogen-bond donors (Lipinski definition) is 1. The third-order valence-electron chi connectivity index (χ3n) is 4.35. The fourth-order valence-electron chi connectivity index (χ4n) is 3.05. The lowest BCUT2D eigenvalue weighted by Gasteiger charge is -2.26. The summed E-state index contributed by atoms with van der Waals surface area (Å²) in [5.74, 6) is 0.0349. The van der Waals surface area contributed by atoms with Gasteiger partial charge in [0.15, 0.2) is 5.65 Å². The molecule has 0 aliphatic carbocycles. The summed E-state index contributed by atoms with van der Waals surface area (Å²) in [6.07, 6.45) is 4.09. The molecule has 0 atom stereocenters. The van der Waals surface area contributed by atoms with Gasteiger partial charge in [-0.1, -0.05) is 19.9 Å². The summed E-state index contributed by atoms with van der Waals surface area (Å²) in [5, 5.41) is 12.0. The molecule has 0 bridgehead atoms. The number of nitriles is 1. The Labute approximate surface area is 139 Å². The SMILES string of the molecule is CC(=O)N1CC=C(c2nc3c(C#N)c[nH]n3c(=O)c2C(C)C)CC1. The molecule has 124 valence electrons. The van der Waals surface area contributed by atoms with Gasteiger partial charge in [-0.15, -0.1) is 0 Å². The van der Waals surface area contributed by atoms with Gasteiger partial charge in [0, 0.05) is 31.8 Å². The highest BCUT2D eigenvalue weighted by Crippen LogP contribution is 2.27. The zero-order valence-corrected chi connectivity index (χ0v) is 14.0. The molecule has 24 heavy (non-hydrogen) atoms. The topological polar surface area (TPSA) is 94.3 Å². The quantitative estimate of drug-likeness (QED) is 0.908. The maximum absolute atomic E-state index is 12.8. The van der Waals surface area contributed by atoms with Gasteiger partial charge >= 0.3 is 0 Å². The first kappa shape index (κ1) is 16.0. The highest BCUT2D eigenvalue weighted by atomic mass is 16.2. The van der Waals surface area contributed by atoms with Gasteiger partial charge in [-0.3, -0.25) is 14.7 Å². The van der Waals surface area contributed by atoms with E-state index < -0.39 is 0 Å². The second-order valence-corrected chi connectivity index (χ2v) is 6.24. The van der Waals surface area contributed by atoms with Crippen molar-refractivity contribution in [2.45, 2.75) is 33.1 Å². The van der Waals surface area contributed by atoms with Gasteiger partial charge in [0.25, 0.3) is 5.56 Å². The Hall–Kier alpha value is -2.88. The monoisotopic (exact) mass is 325 g/mol. The van der Waals surface area contributed by atoms with Crippen LogP contribution in [0.15, 0.2) is 17.1 Å².